The molecule has 1 saturated heterocycles. The van der Waals surface area contributed by atoms with Crippen LogP contribution in [0.2, 0.25) is 0 Å². The van der Waals surface area contributed by atoms with E-state index < -0.39 is 0 Å². The SMILES string of the molecule is O=C(NCC1(CCl)CC1)C1CCOC1. The van der Waals surface area contributed by atoms with E-state index in [0.717, 1.165) is 32.4 Å². The monoisotopic (exact) mass is 217 g/mol. The zero-order valence-corrected chi connectivity index (χ0v) is 8.98. The number of halogens is 1. The summed E-state index contributed by atoms with van der Waals surface area (Å²) in [7, 11) is 0. The summed E-state index contributed by atoms with van der Waals surface area (Å²) in [5.74, 6) is 0.870. The van der Waals surface area contributed by atoms with Crippen molar-refractivity contribution in [2.45, 2.75) is 19.3 Å². The van der Waals surface area contributed by atoms with E-state index in [0.29, 0.717) is 12.5 Å². The topological polar surface area (TPSA) is 38.3 Å². The minimum atomic E-state index is 0.0705. The molecule has 4 heteroatoms. The van der Waals surface area contributed by atoms with Gasteiger partial charge in [0.15, 0.2) is 0 Å². The fourth-order valence-electron chi connectivity index (χ4n) is 1.69. The summed E-state index contributed by atoms with van der Waals surface area (Å²) in [6, 6.07) is 0. The highest BCUT2D eigenvalue weighted by Crippen LogP contribution is 2.45. The van der Waals surface area contributed by atoms with Gasteiger partial charge in [0.05, 0.1) is 12.5 Å². The maximum absolute atomic E-state index is 11.6. The number of rotatable bonds is 4. The van der Waals surface area contributed by atoms with Gasteiger partial charge in [-0.1, -0.05) is 0 Å². The molecule has 0 aromatic rings. The van der Waals surface area contributed by atoms with Crippen molar-refractivity contribution in [3.05, 3.63) is 0 Å². The molecule has 1 saturated carbocycles. The van der Waals surface area contributed by atoms with Crippen molar-refractivity contribution in [1.82, 2.24) is 5.32 Å². The lowest BCUT2D eigenvalue weighted by Gasteiger charge is -2.14. The summed E-state index contributed by atoms with van der Waals surface area (Å²) < 4.78 is 5.17. The third-order valence-corrected chi connectivity index (χ3v) is 3.75. The largest absolute Gasteiger partial charge is 0.381 e. The fraction of sp³-hybridized carbons (Fsp3) is 0.900. The van der Waals surface area contributed by atoms with Crippen molar-refractivity contribution in [3.63, 3.8) is 0 Å². The van der Waals surface area contributed by atoms with Crippen molar-refractivity contribution in [1.29, 1.82) is 0 Å². The molecule has 1 amide bonds. The summed E-state index contributed by atoms with van der Waals surface area (Å²) >= 11 is 5.82. The van der Waals surface area contributed by atoms with Crippen LogP contribution in [0.3, 0.4) is 0 Å². The Bertz CT molecular complexity index is 222. The van der Waals surface area contributed by atoms with Gasteiger partial charge < -0.3 is 10.1 Å². The Labute approximate surface area is 89.1 Å². The predicted molar refractivity (Wildman–Crippen MR) is 54.3 cm³/mol. The highest BCUT2D eigenvalue weighted by atomic mass is 35.5. The molecular weight excluding hydrogens is 202 g/mol. The second-order valence-corrected chi connectivity index (χ2v) is 4.68. The Morgan fingerprint density at radius 1 is 1.57 bits per heavy atom. The first kappa shape index (κ1) is 10.2. The highest BCUT2D eigenvalue weighted by Gasteiger charge is 2.42. The van der Waals surface area contributed by atoms with Crippen molar-refractivity contribution in [2.75, 3.05) is 25.6 Å². The molecule has 1 aliphatic carbocycles. The summed E-state index contributed by atoms with van der Waals surface area (Å²) in [4.78, 5) is 11.6. The van der Waals surface area contributed by atoms with Gasteiger partial charge in [0.25, 0.3) is 0 Å². The van der Waals surface area contributed by atoms with E-state index in [-0.39, 0.29) is 17.2 Å². The maximum Gasteiger partial charge on any atom is 0.225 e. The summed E-state index contributed by atoms with van der Waals surface area (Å²) in [5.41, 5.74) is 0.219. The van der Waals surface area contributed by atoms with E-state index in [4.69, 9.17) is 16.3 Å². The third-order valence-electron chi connectivity index (χ3n) is 3.18. The van der Waals surface area contributed by atoms with Crippen LogP contribution < -0.4 is 5.32 Å². The Kier molecular flexibility index (Phi) is 2.98. The normalized spacial score (nSPS) is 28.8. The number of ether oxygens (including phenoxy) is 1. The van der Waals surface area contributed by atoms with Crippen LogP contribution in [0, 0.1) is 11.3 Å². The Morgan fingerprint density at radius 2 is 2.36 bits per heavy atom. The first-order valence-corrected chi connectivity index (χ1v) is 5.71. The third kappa shape index (κ3) is 2.20. The number of carbonyl (C=O) groups is 1. The van der Waals surface area contributed by atoms with E-state index >= 15 is 0 Å². The molecule has 1 N–H and O–H groups in total. The van der Waals surface area contributed by atoms with E-state index in [9.17, 15) is 4.79 Å². The van der Waals surface area contributed by atoms with Gasteiger partial charge in [0, 0.05) is 24.4 Å². The average molecular weight is 218 g/mol. The molecule has 1 heterocycles. The molecule has 1 atom stereocenters. The van der Waals surface area contributed by atoms with Gasteiger partial charge in [-0.15, -0.1) is 11.6 Å². The van der Waals surface area contributed by atoms with Crippen LogP contribution in [0.5, 0.6) is 0 Å². The van der Waals surface area contributed by atoms with Crippen LogP contribution in [-0.2, 0) is 9.53 Å². The molecule has 0 spiro atoms. The second-order valence-electron chi connectivity index (χ2n) is 4.41. The minimum Gasteiger partial charge on any atom is -0.381 e. The lowest BCUT2D eigenvalue weighted by atomic mass is 10.1. The van der Waals surface area contributed by atoms with Crippen LogP contribution >= 0.6 is 11.6 Å². The zero-order chi connectivity index (χ0) is 10.0. The molecule has 2 fully saturated rings. The molecule has 1 aliphatic heterocycles. The van der Waals surface area contributed by atoms with Gasteiger partial charge in [-0.25, -0.2) is 0 Å². The lowest BCUT2D eigenvalue weighted by molar-refractivity contribution is -0.125. The first-order valence-electron chi connectivity index (χ1n) is 5.17. The van der Waals surface area contributed by atoms with Gasteiger partial charge in [0.1, 0.15) is 0 Å². The van der Waals surface area contributed by atoms with Crippen molar-refractivity contribution in [2.24, 2.45) is 11.3 Å². The van der Waals surface area contributed by atoms with Gasteiger partial charge >= 0.3 is 0 Å². The molecule has 2 aliphatic rings. The highest BCUT2D eigenvalue weighted by molar-refractivity contribution is 6.18. The van der Waals surface area contributed by atoms with Gasteiger partial charge in [-0.3, -0.25) is 4.79 Å². The Balaban J connectivity index is 1.72. The van der Waals surface area contributed by atoms with Crippen LogP contribution in [0.25, 0.3) is 0 Å². The molecule has 0 aromatic carbocycles. The van der Waals surface area contributed by atoms with E-state index in [1.54, 1.807) is 0 Å². The number of carbonyl (C=O) groups excluding carboxylic acids is 1. The molecule has 2 rings (SSSR count). The smallest absolute Gasteiger partial charge is 0.225 e. The standard InChI is InChI=1S/C10H16ClNO2/c11-6-10(2-3-10)7-12-9(13)8-1-4-14-5-8/h8H,1-7H2,(H,12,13). The van der Waals surface area contributed by atoms with Gasteiger partial charge in [-0.05, 0) is 19.3 Å². The Morgan fingerprint density at radius 3 is 2.86 bits per heavy atom. The minimum absolute atomic E-state index is 0.0705. The van der Waals surface area contributed by atoms with E-state index in [1.165, 1.54) is 0 Å². The number of hydrogen-bond acceptors (Lipinski definition) is 2. The second kappa shape index (κ2) is 4.07. The molecule has 3 nitrogen and oxygen atoms in total. The fourth-order valence-corrected chi connectivity index (χ4v) is 2.06. The van der Waals surface area contributed by atoms with Crippen molar-refractivity contribution >= 4 is 17.5 Å². The number of alkyl halides is 1. The molecule has 0 bridgehead atoms. The van der Waals surface area contributed by atoms with Crippen LogP contribution in [-0.4, -0.2) is 31.5 Å². The predicted octanol–water partition coefficient (Wildman–Crippen LogP) is 1.16. The lowest BCUT2D eigenvalue weighted by Crippen LogP contribution is -2.35. The van der Waals surface area contributed by atoms with Crippen LogP contribution in [0.4, 0.5) is 0 Å². The van der Waals surface area contributed by atoms with Crippen molar-refractivity contribution in [3.8, 4) is 0 Å². The molecule has 1 unspecified atom stereocenters. The molecule has 14 heavy (non-hydrogen) atoms. The van der Waals surface area contributed by atoms with E-state index in [1.807, 2.05) is 0 Å². The summed E-state index contributed by atoms with van der Waals surface area (Å²) in [5, 5.41) is 2.97. The van der Waals surface area contributed by atoms with Crippen LogP contribution in [0.1, 0.15) is 19.3 Å². The van der Waals surface area contributed by atoms with Crippen LogP contribution in [0.15, 0.2) is 0 Å². The Hall–Kier alpha value is -0.280. The van der Waals surface area contributed by atoms with Gasteiger partial charge in [-0.2, -0.15) is 0 Å². The molecule has 80 valence electrons. The number of hydrogen-bond donors (Lipinski definition) is 1. The average Bonchev–Trinajstić information content (AvgIpc) is 2.78. The maximum atomic E-state index is 11.6. The quantitative estimate of drug-likeness (QED) is 0.718. The number of nitrogens with one attached hydrogen (secondary N) is 1. The number of amides is 1. The van der Waals surface area contributed by atoms with Crippen molar-refractivity contribution < 1.29 is 9.53 Å². The zero-order valence-electron chi connectivity index (χ0n) is 8.22. The summed E-state index contributed by atoms with van der Waals surface area (Å²) in [6.45, 7) is 2.05. The summed E-state index contributed by atoms with van der Waals surface area (Å²) in [6.07, 6.45) is 3.16. The van der Waals surface area contributed by atoms with Gasteiger partial charge in [0.2, 0.25) is 5.91 Å². The molecule has 0 radical (unpaired) electrons. The van der Waals surface area contributed by atoms with E-state index in [2.05, 4.69) is 5.32 Å². The molecular formula is C10H16ClNO2. The first-order chi connectivity index (χ1) is 6.76. The molecule has 0 aromatic heterocycles.